The first-order valence-corrected chi connectivity index (χ1v) is 4.86. The summed E-state index contributed by atoms with van der Waals surface area (Å²) in [6.45, 7) is 0.384. The van der Waals surface area contributed by atoms with Crippen LogP contribution in [0.4, 0.5) is 11.4 Å². The third-order valence-electron chi connectivity index (χ3n) is 2.02. The molecule has 0 saturated heterocycles. The van der Waals surface area contributed by atoms with E-state index in [1.807, 2.05) is 6.08 Å². The highest BCUT2D eigenvalue weighted by Gasteiger charge is 2.09. The monoisotopic (exact) mass is 233 g/mol. The molecule has 0 bridgehead atoms. The van der Waals surface area contributed by atoms with Crippen molar-refractivity contribution in [1.29, 1.82) is 0 Å². The fourth-order valence-corrected chi connectivity index (χ4v) is 1.24. The molecule has 7 heteroatoms. The van der Waals surface area contributed by atoms with E-state index < -0.39 is 4.92 Å². The first-order chi connectivity index (χ1) is 8.15. The molecule has 1 aromatic carbocycles. The van der Waals surface area contributed by atoms with E-state index in [0.717, 1.165) is 5.56 Å². The van der Waals surface area contributed by atoms with Crippen molar-refractivity contribution in [2.24, 2.45) is 5.11 Å². The second-order valence-electron chi connectivity index (χ2n) is 3.22. The van der Waals surface area contributed by atoms with Crippen LogP contribution in [0, 0.1) is 10.1 Å². The highest BCUT2D eigenvalue weighted by molar-refractivity contribution is 5.65. The molecule has 0 aromatic heterocycles. The molecule has 0 radical (unpaired) electrons. The van der Waals surface area contributed by atoms with Gasteiger partial charge in [0.15, 0.2) is 0 Å². The lowest BCUT2D eigenvalue weighted by molar-refractivity contribution is -0.383. The molecule has 17 heavy (non-hydrogen) atoms. The number of anilines is 1. The molecule has 0 saturated carbocycles. The molecule has 7 nitrogen and oxygen atoms in total. The molecule has 0 aliphatic carbocycles. The third kappa shape index (κ3) is 3.84. The maximum absolute atomic E-state index is 10.5. The van der Waals surface area contributed by atoms with Gasteiger partial charge in [0.05, 0.1) is 4.92 Å². The molecule has 2 N–H and O–H groups in total. The molecule has 0 fully saturated rings. The summed E-state index contributed by atoms with van der Waals surface area (Å²) < 4.78 is 0. The van der Waals surface area contributed by atoms with Crippen LogP contribution < -0.4 is 5.73 Å². The van der Waals surface area contributed by atoms with Crippen molar-refractivity contribution in [3.63, 3.8) is 0 Å². The van der Waals surface area contributed by atoms with Gasteiger partial charge in [-0.05, 0) is 29.6 Å². The standard InChI is InChI=1S/C10H11N5O2/c11-9-7-8(3-1-2-6-13-14-12)4-5-10(9)15(16)17/h1,3-5,7H,2,6,11H2. The van der Waals surface area contributed by atoms with Crippen LogP contribution in [-0.4, -0.2) is 11.5 Å². The smallest absolute Gasteiger partial charge is 0.292 e. The molecule has 88 valence electrons. The van der Waals surface area contributed by atoms with Gasteiger partial charge in [0.25, 0.3) is 5.69 Å². The summed E-state index contributed by atoms with van der Waals surface area (Å²) in [6.07, 6.45) is 4.20. The van der Waals surface area contributed by atoms with E-state index in [1.54, 1.807) is 12.1 Å². The molecule has 0 aliphatic rings. The van der Waals surface area contributed by atoms with E-state index in [2.05, 4.69) is 10.0 Å². The van der Waals surface area contributed by atoms with Crippen molar-refractivity contribution in [3.8, 4) is 0 Å². The Morgan fingerprint density at radius 2 is 2.35 bits per heavy atom. The zero-order chi connectivity index (χ0) is 12.7. The Morgan fingerprint density at radius 1 is 1.59 bits per heavy atom. The van der Waals surface area contributed by atoms with Crippen LogP contribution in [0.2, 0.25) is 0 Å². The summed E-state index contributed by atoms with van der Waals surface area (Å²) in [5, 5.41) is 13.9. The van der Waals surface area contributed by atoms with Crippen LogP contribution in [0.1, 0.15) is 12.0 Å². The minimum absolute atomic E-state index is 0.101. The number of hydrogen-bond donors (Lipinski definition) is 1. The first-order valence-electron chi connectivity index (χ1n) is 4.86. The molecular formula is C10H11N5O2. The normalized spacial score (nSPS) is 10.1. The molecule has 0 unspecified atom stereocenters. The van der Waals surface area contributed by atoms with E-state index in [1.165, 1.54) is 12.1 Å². The SMILES string of the molecule is [N-]=[N+]=NCCC=Cc1ccc([N+](=O)[O-])c(N)c1. The van der Waals surface area contributed by atoms with Crippen LogP contribution >= 0.6 is 0 Å². The maximum Gasteiger partial charge on any atom is 0.292 e. The minimum atomic E-state index is -0.523. The molecule has 0 amide bonds. The summed E-state index contributed by atoms with van der Waals surface area (Å²) in [5.74, 6) is 0. The third-order valence-corrected chi connectivity index (χ3v) is 2.02. The number of nitrogen functional groups attached to an aromatic ring is 1. The lowest BCUT2D eigenvalue weighted by Crippen LogP contribution is -1.95. The van der Waals surface area contributed by atoms with Crippen LogP contribution in [-0.2, 0) is 0 Å². The molecular weight excluding hydrogens is 222 g/mol. The van der Waals surface area contributed by atoms with E-state index in [0.29, 0.717) is 13.0 Å². The van der Waals surface area contributed by atoms with Gasteiger partial charge in [0.2, 0.25) is 0 Å². The molecule has 0 spiro atoms. The van der Waals surface area contributed by atoms with Crippen LogP contribution in [0.3, 0.4) is 0 Å². The van der Waals surface area contributed by atoms with Crippen LogP contribution in [0.15, 0.2) is 29.4 Å². The predicted octanol–water partition coefficient (Wildman–Crippen LogP) is 2.89. The number of hydrogen-bond acceptors (Lipinski definition) is 4. The van der Waals surface area contributed by atoms with Gasteiger partial charge in [-0.1, -0.05) is 17.3 Å². The summed E-state index contributed by atoms with van der Waals surface area (Å²) >= 11 is 0. The molecule has 1 rings (SSSR count). The van der Waals surface area contributed by atoms with Crippen molar-refractivity contribution >= 4 is 17.5 Å². The fourth-order valence-electron chi connectivity index (χ4n) is 1.24. The number of nitrogens with two attached hydrogens (primary N) is 1. The number of benzene rings is 1. The molecule has 0 aliphatic heterocycles. The summed E-state index contributed by atoms with van der Waals surface area (Å²) in [5.41, 5.74) is 14.4. The van der Waals surface area contributed by atoms with Gasteiger partial charge in [0, 0.05) is 17.5 Å². The van der Waals surface area contributed by atoms with Crippen molar-refractivity contribution in [1.82, 2.24) is 0 Å². The highest BCUT2D eigenvalue weighted by atomic mass is 16.6. The fraction of sp³-hybridized carbons (Fsp3) is 0.200. The van der Waals surface area contributed by atoms with E-state index in [-0.39, 0.29) is 11.4 Å². The summed E-state index contributed by atoms with van der Waals surface area (Å²) in [6, 6.07) is 4.50. The van der Waals surface area contributed by atoms with E-state index >= 15 is 0 Å². The topological polar surface area (TPSA) is 118 Å². The van der Waals surface area contributed by atoms with Crippen molar-refractivity contribution in [3.05, 3.63) is 50.4 Å². The van der Waals surface area contributed by atoms with Crippen LogP contribution in [0.25, 0.3) is 16.5 Å². The van der Waals surface area contributed by atoms with Gasteiger partial charge in [-0.15, -0.1) is 0 Å². The Kier molecular flexibility index (Phi) is 4.53. The Hall–Kier alpha value is -2.53. The molecule has 1 aromatic rings. The number of nitrogens with zero attached hydrogens (tertiary/aromatic N) is 4. The Morgan fingerprint density at radius 3 is 2.94 bits per heavy atom. The number of nitro benzene ring substituents is 1. The van der Waals surface area contributed by atoms with Crippen molar-refractivity contribution < 1.29 is 4.92 Å². The highest BCUT2D eigenvalue weighted by Crippen LogP contribution is 2.22. The lowest BCUT2D eigenvalue weighted by atomic mass is 10.1. The Balaban J connectivity index is 2.70. The number of nitro groups is 1. The van der Waals surface area contributed by atoms with Gasteiger partial charge < -0.3 is 5.73 Å². The van der Waals surface area contributed by atoms with Gasteiger partial charge in [-0.2, -0.15) is 0 Å². The number of rotatable bonds is 5. The summed E-state index contributed by atoms with van der Waals surface area (Å²) in [4.78, 5) is 12.6. The average Bonchev–Trinajstić information content (AvgIpc) is 2.28. The zero-order valence-corrected chi connectivity index (χ0v) is 8.98. The van der Waals surface area contributed by atoms with Gasteiger partial charge in [-0.25, -0.2) is 0 Å². The Labute approximate surface area is 97.3 Å². The van der Waals surface area contributed by atoms with E-state index in [4.69, 9.17) is 11.3 Å². The maximum atomic E-state index is 10.5. The average molecular weight is 233 g/mol. The molecule has 0 atom stereocenters. The van der Waals surface area contributed by atoms with E-state index in [9.17, 15) is 10.1 Å². The summed E-state index contributed by atoms with van der Waals surface area (Å²) in [7, 11) is 0. The second kappa shape index (κ2) is 6.14. The van der Waals surface area contributed by atoms with Crippen LogP contribution in [0.5, 0.6) is 0 Å². The van der Waals surface area contributed by atoms with Crippen molar-refractivity contribution in [2.75, 3.05) is 12.3 Å². The molecule has 0 heterocycles. The Bertz CT molecular complexity index is 491. The predicted molar refractivity (Wildman–Crippen MR) is 65.2 cm³/mol. The largest absolute Gasteiger partial charge is 0.393 e. The minimum Gasteiger partial charge on any atom is -0.393 e. The van der Waals surface area contributed by atoms with Gasteiger partial charge in [0.1, 0.15) is 5.69 Å². The lowest BCUT2D eigenvalue weighted by Gasteiger charge is -1.98. The second-order valence-corrected chi connectivity index (χ2v) is 3.22. The van der Waals surface area contributed by atoms with Gasteiger partial charge >= 0.3 is 0 Å². The first kappa shape index (κ1) is 12.5. The van der Waals surface area contributed by atoms with Crippen molar-refractivity contribution in [2.45, 2.75) is 6.42 Å². The van der Waals surface area contributed by atoms with Gasteiger partial charge in [-0.3, -0.25) is 10.1 Å². The zero-order valence-electron chi connectivity index (χ0n) is 8.98. The quantitative estimate of drug-likeness (QED) is 0.160. The number of azide groups is 1.